The van der Waals surface area contributed by atoms with E-state index in [4.69, 9.17) is 11.6 Å². The Balaban J connectivity index is 2.83. The van der Waals surface area contributed by atoms with E-state index in [0.29, 0.717) is 0 Å². The number of hydrogen-bond donors (Lipinski definition) is 0. The van der Waals surface area contributed by atoms with Gasteiger partial charge in [0.1, 0.15) is 5.52 Å². The van der Waals surface area contributed by atoms with E-state index in [1.165, 1.54) is 0 Å². The van der Waals surface area contributed by atoms with Gasteiger partial charge in [-0.15, -0.1) is 0 Å². The fourth-order valence-corrected chi connectivity index (χ4v) is 1.63. The van der Waals surface area contributed by atoms with Crippen molar-refractivity contribution in [2.75, 3.05) is 19.0 Å². The molecule has 0 aliphatic rings. The molecule has 2 aromatic rings. The van der Waals surface area contributed by atoms with Crippen molar-refractivity contribution >= 4 is 28.5 Å². The van der Waals surface area contributed by atoms with Gasteiger partial charge in [0, 0.05) is 27.3 Å². The lowest BCUT2D eigenvalue weighted by molar-refractivity contribution is 0.949. The van der Waals surface area contributed by atoms with Crippen LogP contribution in [0.4, 0.5) is 5.82 Å². The molecule has 0 amide bonds. The SMILES string of the molecule is CN(C)c1nc(Cl)nc2ccn(C)c12. The summed E-state index contributed by atoms with van der Waals surface area (Å²) in [5, 5.41) is 0.285. The molecule has 74 valence electrons. The fraction of sp³-hybridized carbons (Fsp3) is 0.333. The molecule has 5 heteroatoms. The van der Waals surface area contributed by atoms with Crippen LogP contribution in [0, 0.1) is 0 Å². The van der Waals surface area contributed by atoms with Crippen molar-refractivity contribution in [3.8, 4) is 0 Å². The summed E-state index contributed by atoms with van der Waals surface area (Å²) in [7, 11) is 5.84. The molecule has 0 spiro atoms. The molecule has 0 saturated heterocycles. The molecule has 0 bridgehead atoms. The Morgan fingerprint density at radius 2 is 2.07 bits per heavy atom. The monoisotopic (exact) mass is 210 g/mol. The van der Waals surface area contributed by atoms with Gasteiger partial charge in [0.15, 0.2) is 5.82 Å². The van der Waals surface area contributed by atoms with Crippen molar-refractivity contribution in [2.24, 2.45) is 7.05 Å². The first kappa shape index (κ1) is 9.27. The van der Waals surface area contributed by atoms with Crippen LogP contribution in [0.2, 0.25) is 5.28 Å². The summed E-state index contributed by atoms with van der Waals surface area (Å²) in [5.74, 6) is 0.840. The van der Waals surface area contributed by atoms with Crippen LogP contribution in [-0.2, 0) is 7.05 Å². The van der Waals surface area contributed by atoms with Gasteiger partial charge in [0.2, 0.25) is 5.28 Å². The van der Waals surface area contributed by atoms with E-state index in [-0.39, 0.29) is 5.28 Å². The van der Waals surface area contributed by atoms with Crippen LogP contribution in [0.5, 0.6) is 0 Å². The second kappa shape index (κ2) is 3.13. The minimum atomic E-state index is 0.285. The standard InChI is InChI=1S/C9H11ClN4/c1-13(2)8-7-6(4-5-14(7)3)11-9(10)12-8/h4-5H,1-3H3. The summed E-state index contributed by atoms with van der Waals surface area (Å²) in [6, 6.07) is 1.93. The van der Waals surface area contributed by atoms with E-state index >= 15 is 0 Å². The molecule has 0 N–H and O–H groups in total. The topological polar surface area (TPSA) is 34.0 Å². The van der Waals surface area contributed by atoms with Crippen LogP contribution in [0.15, 0.2) is 12.3 Å². The van der Waals surface area contributed by atoms with Gasteiger partial charge in [0.25, 0.3) is 0 Å². The van der Waals surface area contributed by atoms with Gasteiger partial charge in [-0.25, -0.2) is 4.98 Å². The largest absolute Gasteiger partial charge is 0.361 e. The maximum Gasteiger partial charge on any atom is 0.225 e. The average molecular weight is 211 g/mol. The molecule has 0 fully saturated rings. The Kier molecular flexibility index (Phi) is 2.07. The first-order valence-corrected chi connectivity index (χ1v) is 4.63. The normalized spacial score (nSPS) is 10.9. The third-order valence-electron chi connectivity index (χ3n) is 2.10. The van der Waals surface area contributed by atoms with Crippen molar-refractivity contribution in [2.45, 2.75) is 0 Å². The van der Waals surface area contributed by atoms with E-state index in [1.807, 2.05) is 42.9 Å². The zero-order chi connectivity index (χ0) is 10.3. The van der Waals surface area contributed by atoms with Gasteiger partial charge >= 0.3 is 0 Å². The van der Waals surface area contributed by atoms with Crippen molar-refractivity contribution < 1.29 is 0 Å². The summed E-state index contributed by atoms with van der Waals surface area (Å²) in [6.07, 6.45) is 1.95. The van der Waals surface area contributed by atoms with Gasteiger partial charge in [0.05, 0.1) is 5.52 Å². The van der Waals surface area contributed by atoms with E-state index in [0.717, 1.165) is 16.9 Å². The van der Waals surface area contributed by atoms with Crippen LogP contribution < -0.4 is 4.90 Å². The van der Waals surface area contributed by atoms with Crippen LogP contribution in [0.3, 0.4) is 0 Å². The molecule has 4 nitrogen and oxygen atoms in total. The predicted molar refractivity (Wildman–Crippen MR) is 57.8 cm³/mol. The number of rotatable bonds is 1. The van der Waals surface area contributed by atoms with Crippen LogP contribution in [-0.4, -0.2) is 28.6 Å². The van der Waals surface area contributed by atoms with E-state index in [9.17, 15) is 0 Å². The molecule has 0 unspecified atom stereocenters. The van der Waals surface area contributed by atoms with Crippen molar-refractivity contribution in [3.05, 3.63) is 17.5 Å². The number of aryl methyl sites for hydroxylation is 1. The quantitative estimate of drug-likeness (QED) is 0.672. The van der Waals surface area contributed by atoms with Gasteiger partial charge in [-0.05, 0) is 17.7 Å². The Labute approximate surface area is 87.1 Å². The Morgan fingerprint density at radius 3 is 2.71 bits per heavy atom. The second-order valence-electron chi connectivity index (χ2n) is 3.37. The molecule has 0 aromatic carbocycles. The highest BCUT2D eigenvalue weighted by atomic mass is 35.5. The summed E-state index contributed by atoms with van der Waals surface area (Å²) < 4.78 is 1.99. The summed E-state index contributed by atoms with van der Waals surface area (Å²) in [4.78, 5) is 10.3. The van der Waals surface area contributed by atoms with Crippen LogP contribution in [0.25, 0.3) is 11.0 Å². The van der Waals surface area contributed by atoms with Crippen molar-refractivity contribution in [3.63, 3.8) is 0 Å². The maximum atomic E-state index is 5.82. The van der Waals surface area contributed by atoms with Gasteiger partial charge < -0.3 is 9.47 Å². The van der Waals surface area contributed by atoms with Crippen molar-refractivity contribution in [1.82, 2.24) is 14.5 Å². The fourth-order valence-electron chi connectivity index (χ4n) is 1.46. The molecule has 2 heterocycles. The van der Waals surface area contributed by atoms with E-state index < -0.39 is 0 Å². The molecular weight excluding hydrogens is 200 g/mol. The Hall–Kier alpha value is -1.29. The molecular formula is C9H11ClN4. The highest BCUT2D eigenvalue weighted by molar-refractivity contribution is 6.28. The molecule has 0 aliphatic carbocycles. The third-order valence-corrected chi connectivity index (χ3v) is 2.27. The first-order chi connectivity index (χ1) is 6.59. The van der Waals surface area contributed by atoms with Crippen molar-refractivity contribution in [1.29, 1.82) is 0 Å². The van der Waals surface area contributed by atoms with Gasteiger partial charge in [-0.2, -0.15) is 4.98 Å². The Bertz CT molecular complexity index is 475. The van der Waals surface area contributed by atoms with Crippen LogP contribution >= 0.6 is 11.6 Å². The summed E-state index contributed by atoms with van der Waals surface area (Å²) >= 11 is 5.82. The second-order valence-corrected chi connectivity index (χ2v) is 3.71. The predicted octanol–water partition coefficient (Wildman–Crippen LogP) is 1.69. The first-order valence-electron chi connectivity index (χ1n) is 4.25. The number of nitrogens with zero attached hydrogens (tertiary/aromatic N) is 4. The average Bonchev–Trinajstić information content (AvgIpc) is 2.46. The molecule has 2 rings (SSSR count). The number of hydrogen-bond acceptors (Lipinski definition) is 3. The molecule has 0 atom stereocenters. The molecule has 0 aliphatic heterocycles. The van der Waals surface area contributed by atoms with E-state index in [1.54, 1.807) is 0 Å². The third kappa shape index (κ3) is 1.32. The summed E-state index contributed by atoms with van der Waals surface area (Å²) in [5.41, 5.74) is 1.87. The highest BCUT2D eigenvalue weighted by Gasteiger charge is 2.10. The molecule has 0 saturated carbocycles. The number of halogens is 1. The lowest BCUT2D eigenvalue weighted by Gasteiger charge is -2.13. The lowest BCUT2D eigenvalue weighted by Crippen LogP contribution is -2.12. The number of fused-ring (bicyclic) bond motifs is 1. The smallest absolute Gasteiger partial charge is 0.225 e. The van der Waals surface area contributed by atoms with Gasteiger partial charge in [-0.1, -0.05) is 0 Å². The van der Waals surface area contributed by atoms with Crippen LogP contribution in [0.1, 0.15) is 0 Å². The minimum absolute atomic E-state index is 0.285. The molecule has 14 heavy (non-hydrogen) atoms. The zero-order valence-corrected chi connectivity index (χ0v) is 9.08. The van der Waals surface area contributed by atoms with E-state index in [2.05, 4.69) is 9.97 Å². The maximum absolute atomic E-state index is 5.82. The summed E-state index contributed by atoms with van der Waals surface area (Å²) in [6.45, 7) is 0. The zero-order valence-electron chi connectivity index (χ0n) is 8.32. The highest BCUT2D eigenvalue weighted by Crippen LogP contribution is 2.23. The minimum Gasteiger partial charge on any atom is -0.361 e. The lowest BCUT2D eigenvalue weighted by atomic mass is 10.4. The van der Waals surface area contributed by atoms with Gasteiger partial charge in [-0.3, -0.25) is 0 Å². The Morgan fingerprint density at radius 1 is 1.36 bits per heavy atom. The number of anilines is 1. The molecule has 2 aromatic heterocycles. The molecule has 0 radical (unpaired) electrons. The number of aromatic nitrogens is 3.